The second-order valence-corrected chi connectivity index (χ2v) is 22.5. The summed E-state index contributed by atoms with van der Waals surface area (Å²) in [5.74, 6) is -0.126. The SMILES string of the molecule is N#Cc1cccc(N(C2=C3C=CC4=C5C(=CC=C(C=C2)C35)C(N(c2cccc(C#N)c2)c2ccc(-c3cccc5ccccc35)cc2-c2cccc3ccccc23)C=C4)c2ccc(-c3cccc4ccccc34)cc2-c2cccc3ccccc23)c1. The molecule has 2 unspecified atom stereocenters. The van der Waals surface area contributed by atoms with Crippen LogP contribution in [-0.4, -0.2) is 6.04 Å². The first-order valence-electron chi connectivity index (χ1n) is 29.3. The molecule has 86 heavy (non-hydrogen) atoms. The van der Waals surface area contributed by atoms with Gasteiger partial charge < -0.3 is 9.80 Å². The average Bonchev–Trinajstić information content (AvgIpc) is 1.17. The molecule has 2 atom stereocenters. The molecule has 0 N–H and O–H groups in total. The highest BCUT2D eigenvalue weighted by Crippen LogP contribution is 2.54. The van der Waals surface area contributed by atoms with Gasteiger partial charge in [-0.1, -0.05) is 237 Å². The largest absolute Gasteiger partial charge is 0.330 e. The van der Waals surface area contributed by atoms with E-state index in [4.69, 9.17) is 0 Å². The number of nitrogens with zero attached hydrogens (tertiary/aromatic N) is 4. The Morgan fingerprint density at radius 3 is 1.41 bits per heavy atom. The van der Waals surface area contributed by atoms with Gasteiger partial charge in [-0.2, -0.15) is 10.5 Å². The number of rotatable bonds is 10. The first-order valence-corrected chi connectivity index (χ1v) is 29.3. The fourth-order valence-electron chi connectivity index (χ4n) is 13.9. The minimum atomic E-state index is -0.289. The summed E-state index contributed by atoms with van der Waals surface area (Å²) in [5.41, 5.74) is 21.0. The lowest BCUT2D eigenvalue weighted by molar-refractivity contribution is 0.773. The Bertz CT molecular complexity index is 5160. The summed E-state index contributed by atoms with van der Waals surface area (Å²) in [6, 6.07) is 95.6. The van der Waals surface area contributed by atoms with E-state index in [1.54, 1.807) is 0 Å². The summed E-state index contributed by atoms with van der Waals surface area (Å²) >= 11 is 0. The number of anilines is 4. The topological polar surface area (TPSA) is 54.1 Å². The third-order valence-corrected chi connectivity index (χ3v) is 17.8. The second kappa shape index (κ2) is 20.7. The van der Waals surface area contributed by atoms with Crippen LogP contribution in [0, 0.1) is 28.6 Å². The maximum atomic E-state index is 10.6. The van der Waals surface area contributed by atoms with Gasteiger partial charge >= 0.3 is 0 Å². The van der Waals surface area contributed by atoms with E-state index in [0.717, 1.165) is 94.5 Å². The summed E-state index contributed by atoms with van der Waals surface area (Å²) in [6.45, 7) is 0. The van der Waals surface area contributed by atoms with Crippen molar-refractivity contribution in [2.24, 2.45) is 5.92 Å². The van der Waals surface area contributed by atoms with E-state index < -0.39 is 0 Å². The minimum Gasteiger partial charge on any atom is -0.330 e. The zero-order chi connectivity index (χ0) is 57.2. The Balaban J connectivity index is 0.889. The standard InChI is InChI=1S/C82H52N4/c83-51-53-15-9-25-63(47-53)85(79-45-39-61(69-31-11-21-55-17-1-5-27-65(55)69)49-75(79)71-33-13-23-57-19-3-7-29-67(57)71)77-43-37-59-36-42-74-78(44-38-60-35-41-73(77)81(59)82(60)74)86(64-26-10-16-54(48-64)52-84)80-46-40-62(70-32-12-22-56-18-2-6-28-66(56)70)50-76(80)72-34-14-24-58-20-4-8-30-68(58)72/h1-50,77,82H. The molecule has 4 aliphatic rings. The molecule has 400 valence electrons. The Hall–Kier alpha value is -11.6. The lowest BCUT2D eigenvalue weighted by Gasteiger charge is -2.44. The van der Waals surface area contributed by atoms with Crippen molar-refractivity contribution >= 4 is 65.8 Å². The van der Waals surface area contributed by atoms with Crippen LogP contribution in [0.3, 0.4) is 0 Å². The maximum Gasteiger partial charge on any atom is 0.0992 e. The van der Waals surface area contributed by atoms with Crippen molar-refractivity contribution in [3.63, 3.8) is 0 Å². The minimum absolute atomic E-state index is 0.126. The van der Waals surface area contributed by atoms with Crippen molar-refractivity contribution in [2.45, 2.75) is 6.04 Å². The molecular weight excluding hydrogens is 1040 g/mol. The number of hydrogen-bond acceptors (Lipinski definition) is 4. The van der Waals surface area contributed by atoms with Gasteiger partial charge in [0, 0.05) is 34.1 Å². The smallest absolute Gasteiger partial charge is 0.0992 e. The molecule has 0 fully saturated rings. The predicted octanol–water partition coefficient (Wildman–Crippen LogP) is 20.8. The molecule has 0 spiro atoms. The van der Waals surface area contributed by atoms with E-state index in [0.29, 0.717) is 11.1 Å². The quantitative estimate of drug-likeness (QED) is 0.137. The molecule has 0 aromatic heterocycles. The van der Waals surface area contributed by atoms with Crippen molar-refractivity contribution in [3.05, 3.63) is 348 Å². The molecule has 0 bridgehead atoms. The van der Waals surface area contributed by atoms with Crippen LogP contribution in [0.4, 0.5) is 22.7 Å². The van der Waals surface area contributed by atoms with Gasteiger partial charge in [-0.3, -0.25) is 0 Å². The first-order chi connectivity index (χ1) is 42.6. The van der Waals surface area contributed by atoms with Crippen molar-refractivity contribution in [1.29, 1.82) is 10.5 Å². The lowest BCUT2D eigenvalue weighted by Crippen LogP contribution is -2.37. The van der Waals surface area contributed by atoms with E-state index >= 15 is 0 Å². The van der Waals surface area contributed by atoms with Crippen LogP contribution in [0.5, 0.6) is 0 Å². The highest BCUT2D eigenvalue weighted by Gasteiger charge is 2.41. The van der Waals surface area contributed by atoms with E-state index in [2.05, 4.69) is 289 Å². The molecule has 4 aliphatic carbocycles. The van der Waals surface area contributed by atoms with Gasteiger partial charge in [0.1, 0.15) is 0 Å². The van der Waals surface area contributed by atoms with Crippen molar-refractivity contribution in [3.8, 4) is 56.6 Å². The Morgan fingerprint density at radius 2 is 0.837 bits per heavy atom. The van der Waals surface area contributed by atoms with Crippen LogP contribution >= 0.6 is 0 Å². The van der Waals surface area contributed by atoms with Gasteiger partial charge in [-0.05, 0) is 171 Å². The molecule has 12 aromatic carbocycles. The molecule has 4 nitrogen and oxygen atoms in total. The molecule has 16 rings (SSSR count). The Kier molecular flexibility index (Phi) is 12.1. The Morgan fingerprint density at radius 1 is 0.360 bits per heavy atom. The molecular formula is C82H52N4. The van der Waals surface area contributed by atoms with E-state index in [1.807, 2.05) is 36.4 Å². The number of allylic oxidation sites excluding steroid dienone is 10. The van der Waals surface area contributed by atoms with Crippen LogP contribution < -0.4 is 9.80 Å². The first kappa shape index (κ1) is 50.2. The van der Waals surface area contributed by atoms with Crippen LogP contribution in [0.25, 0.3) is 87.6 Å². The van der Waals surface area contributed by atoms with Crippen molar-refractivity contribution in [2.75, 3.05) is 9.80 Å². The molecule has 0 amide bonds. The van der Waals surface area contributed by atoms with Crippen molar-refractivity contribution in [1.82, 2.24) is 0 Å². The number of fused-ring (bicyclic) bond motifs is 4. The van der Waals surface area contributed by atoms with Gasteiger partial charge in [-0.25, -0.2) is 0 Å². The number of benzene rings is 12. The summed E-state index contributed by atoms with van der Waals surface area (Å²) < 4.78 is 0. The van der Waals surface area contributed by atoms with Crippen LogP contribution in [0.15, 0.2) is 337 Å². The Labute approximate surface area is 500 Å². The molecule has 0 radical (unpaired) electrons. The van der Waals surface area contributed by atoms with Gasteiger partial charge in [-0.15, -0.1) is 0 Å². The predicted molar refractivity (Wildman–Crippen MR) is 356 cm³/mol. The maximum absolute atomic E-state index is 10.6. The molecule has 4 heteroatoms. The van der Waals surface area contributed by atoms with Crippen LogP contribution in [0.2, 0.25) is 0 Å². The summed E-state index contributed by atoms with van der Waals surface area (Å²) in [7, 11) is 0. The third kappa shape index (κ3) is 8.35. The van der Waals surface area contributed by atoms with E-state index in [1.165, 1.54) is 49.4 Å². The molecule has 0 saturated heterocycles. The van der Waals surface area contributed by atoms with Crippen molar-refractivity contribution < 1.29 is 0 Å². The summed E-state index contributed by atoms with van der Waals surface area (Å²) in [5, 5.41) is 30.5. The highest BCUT2D eigenvalue weighted by atomic mass is 15.2. The van der Waals surface area contributed by atoms with Gasteiger partial charge in [0.2, 0.25) is 0 Å². The van der Waals surface area contributed by atoms with E-state index in [9.17, 15) is 10.5 Å². The van der Waals surface area contributed by atoms with Crippen LogP contribution in [0.1, 0.15) is 11.1 Å². The zero-order valence-corrected chi connectivity index (χ0v) is 46.8. The fourth-order valence-corrected chi connectivity index (χ4v) is 13.9. The van der Waals surface area contributed by atoms with Gasteiger partial charge in [0.15, 0.2) is 0 Å². The third-order valence-electron chi connectivity index (χ3n) is 17.8. The monoisotopic (exact) mass is 1090 g/mol. The van der Waals surface area contributed by atoms with Crippen LogP contribution in [-0.2, 0) is 0 Å². The zero-order valence-electron chi connectivity index (χ0n) is 46.8. The number of nitriles is 2. The lowest BCUT2D eigenvalue weighted by atomic mass is 9.67. The summed E-state index contributed by atoms with van der Waals surface area (Å²) in [4.78, 5) is 4.86. The molecule has 0 aliphatic heterocycles. The normalized spacial score (nSPS) is 15.6. The average molecular weight is 1090 g/mol. The van der Waals surface area contributed by atoms with Gasteiger partial charge in [0.05, 0.1) is 40.7 Å². The fraction of sp³-hybridized carbons (Fsp3) is 0.0244. The van der Waals surface area contributed by atoms with E-state index in [-0.39, 0.29) is 12.0 Å². The highest BCUT2D eigenvalue weighted by molar-refractivity contribution is 6.06. The number of hydrogen-bond donors (Lipinski definition) is 0. The summed E-state index contributed by atoms with van der Waals surface area (Å²) in [6.07, 6.45) is 18.5. The molecule has 12 aromatic rings. The molecule has 0 heterocycles. The van der Waals surface area contributed by atoms with Gasteiger partial charge in [0.25, 0.3) is 0 Å². The molecule has 0 saturated carbocycles. The second-order valence-electron chi connectivity index (χ2n) is 22.5.